The Hall–Kier alpha value is -4.82. The molecule has 5 rings (SSSR count). The predicted molar refractivity (Wildman–Crippen MR) is 157 cm³/mol. The van der Waals surface area contributed by atoms with Crippen LogP contribution in [0.5, 0.6) is 0 Å². The molecule has 0 aliphatic heterocycles. The number of rotatable bonds is 8. The molecule has 5 aromatic rings. The molecule has 1 heterocycles. The van der Waals surface area contributed by atoms with Crippen LogP contribution in [0.25, 0.3) is 16.6 Å². The van der Waals surface area contributed by atoms with E-state index < -0.39 is 5.25 Å². The molecule has 0 radical (unpaired) electrons. The van der Waals surface area contributed by atoms with Crippen molar-refractivity contribution < 1.29 is 14.4 Å². The number of carbonyl (C=O) groups excluding carboxylic acids is 3. The van der Waals surface area contributed by atoms with E-state index in [4.69, 9.17) is 4.98 Å². The minimum absolute atomic E-state index is 0.0835. The summed E-state index contributed by atoms with van der Waals surface area (Å²) in [5, 5.41) is 2.90. The molecule has 0 aliphatic rings. The number of nitrogens with zero attached hydrogens (tertiary/aromatic N) is 2. The SMILES string of the molecule is CC(=O)c1ccc(-n2c(S[C@H](C(=O)Nc3cccc(C(C)=O)c3)c3ccccc3)nc3ccccc3c2=O)cc1. The lowest BCUT2D eigenvalue weighted by Crippen LogP contribution is -2.24. The van der Waals surface area contributed by atoms with Crippen LogP contribution in [-0.2, 0) is 4.79 Å². The average Bonchev–Trinajstić information content (AvgIpc) is 2.96. The summed E-state index contributed by atoms with van der Waals surface area (Å²) in [6.07, 6.45) is 0. The number of nitrogens with one attached hydrogen (secondary N) is 1. The largest absolute Gasteiger partial charge is 0.325 e. The van der Waals surface area contributed by atoms with Crippen LogP contribution in [0.4, 0.5) is 5.69 Å². The molecular weight excluding hydrogens is 522 g/mol. The fourth-order valence-electron chi connectivity index (χ4n) is 4.29. The Morgan fingerprint density at radius 1 is 0.775 bits per heavy atom. The van der Waals surface area contributed by atoms with Crippen LogP contribution in [0.3, 0.4) is 0 Å². The first-order valence-corrected chi connectivity index (χ1v) is 13.5. The van der Waals surface area contributed by atoms with E-state index in [1.807, 2.05) is 30.3 Å². The Morgan fingerprint density at radius 2 is 1.45 bits per heavy atom. The van der Waals surface area contributed by atoms with Crippen LogP contribution in [0.1, 0.15) is 45.4 Å². The first-order chi connectivity index (χ1) is 19.3. The second kappa shape index (κ2) is 11.5. The quantitative estimate of drug-likeness (QED) is 0.140. The number of aromatic nitrogens is 2. The van der Waals surface area contributed by atoms with Gasteiger partial charge in [-0.25, -0.2) is 4.98 Å². The second-order valence-corrected chi connectivity index (χ2v) is 10.3. The fourth-order valence-corrected chi connectivity index (χ4v) is 5.41. The van der Waals surface area contributed by atoms with Gasteiger partial charge in [-0.15, -0.1) is 0 Å². The van der Waals surface area contributed by atoms with Crippen molar-refractivity contribution in [2.24, 2.45) is 0 Å². The van der Waals surface area contributed by atoms with E-state index in [-0.39, 0.29) is 23.0 Å². The van der Waals surface area contributed by atoms with E-state index >= 15 is 0 Å². The molecule has 1 atom stereocenters. The van der Waals surface area contributed by atoms with Gasteiger partial charge < -0.3 is 5.32 Å². The van der Waals surface area contributed by atoms with E-state index in [1.165, 1.54) is 18.4 Å². The normalized spacial score (nSPS) is 11.7. The summed E-state index contributed by atoms with van der Waals surface area (Å²) in [5.74, 6) is -0.525. The number of hydrogen-bond acceptors (Lipinski definition) is 6. The minimum Gasteiger partial charge on any atom is -0.325 e. The monoisotopic (exact) mass is 547 g/mol. The van der Waals surface area contributed by atoms with Crippen LogP contribution in [0.15, 0.2) is 113 Å². The summed E-state index contributed by atoms with van der Waals surface area (Å²) in [7, 11) is 0. The fraction of sp³-hybridized carbons (Fsp3) is 0.0938. The summed E-state index contributed by atoms with van der Waals surface area (Å²) in [6.45, 7) is 2.95. The molecule has 0 saturated carbocycles. The van der Waals surface area contributed by atoms with Crippen molar-refractivity contribution in [1.29, 1.82) is 0 Å². The van der Waals surface area contributed by atoms with Crippen molar-refractivity contribution in [1.82, 2.24) is 9.55 Å². The zero-order valence-corrected chi connectivity index (χ0v) is 22.6. The lowest BCUT2D eigenvalue weighted by atomic mass is 10.1. The molecule has 0 unspecified atom stereocenters. The van der Waals surface area contributed by atoms with E-state index in [1.54, 1.807) is 72.8 Å². The highest BCUT2D eigenvalue weighted by Crippen LogP contribution is 2.36. The molecule has 198 valence electrons. The van der Waals surface area contributed by atoms with Crippen molar-refractivity contribution in [2.75, 3.05) is 5.32 Å². The molecule has 0 spiro atoms. The van der Waals surface area contributed by atoms with Gasteiger partial charge in [-0.2, -0.15) is 0 Å². The Labute approximate surface area is 234 Å². The maximum Gasteiger partial charge on any atom is 0.266 e. The Kier molecular flexibility index (Phi) is 7.70. The molecule has 0 bridgehead atoms. The minimum atomic E-state index is -0.780. The average molecular weight is 548 g/mol. The third kappa shape index (κ3) is 5.62. The Bertz CT molecular complexity index is 1800. The van der Waals surface area contributed by atoms with Gasteiger partial charge in [0.1, 0.15) is 5.25 Å². The summed E-state index contributed by atoms with van der Waals surface area (Å²) in [4.78, 5) is 56.0. The molecule has 1 amide bonds. The lowest BCUT2D eigenvalue weighted by molar-refractivity contribution is -0.115. The second-order valence-electron chi connectivity index (χ2n) is 9.19. The Balaban J connectivity index is 1.61. The number of hydrogen-bond donors (Lipinski definition) is 1. The van der Waals surface area contributed by atoms with Gasteiger partial charge in [-0.3, -0.25) is 23.7 Å². The Morgan fingerprint density at radius 3 is 2.15 bits per heavy atom. The number of fused-ring (bicyclic) bond motifs is 1. The predicted octanol–water partition coefficient (Wildman–Crippen LogP) is 6.26. The summed E-state index contributed by atoms with van der Waals surface area (Å²) in [5.41, 5.74) is 2.96. The number of amides is 1. The summed E-state index contributed by atoms with van der Waals surface area (Å²) < 4.78 is 1.47. The van der Waals surface area contributed by atoms with Crippen LogP contribution in [0.2, 0.25) is 0 Å². The number of ketones is 2. The van der Waals surface area contributed by atoms with Gasteiger partial charge in [0.15, 0.2) is 16.7 Å². The third-order valence-electron chi connectivity index (χ3n) is 6.38. The lowest BCUT2D eigenvalue weighted by Gasteiger charge is -2.20. The molecule has 0 fully saturated rings. The number of anilines is 1. The number of benzene rings is 4. The molecule has 40 heavy (non-hydrogen) atoms. The number of Topliss-reactive ketones (excluding diaryl/α,β-unsaturated/α-hetero) is 2. The van der Waals surface area contributed by atoms with E-state index in [9.17, 15) is 19.2 Å². The topological polar surface area (TPSA) is 98.1 Å². The van der Waals surface area contributed by atoms with Crippen molar-refractivity contribution in [2.45, 2.75) is 24.3 Å². The molecule has 8 heteroatoms. The zero-order valence-electron chi connectivity index (χ0n) is 21.8. The molecule has 4 aromatic carbocycles. The van der Waals surface area contributed by atoms with Gasteiger partial charge in [0.25, 0.3) is 5.56 Å². The van der Waals surface area contributed by atoms with Crippen LogP contribution < -0.4 is 10.9 Å². The summed E-state index contributed by atoms with van der Waals surface area (Å²) in [6, 6.07) is 29.8. The van der Waals surface area contributed by atoms with Gasteiger partial charge in [0, 0.05) is 16.8 Å². The molecule has 1 N–H and O–H groups in total. The van der Waals surface area contributed by atoms with Crippen LogP contribution >= 0.6 is 11.8 Å². The zero-order chi connectivity index (χ0) is 28.2. The standard InChI is InChI=1S/C32H25N3O4S/c1-20(36)22-15-17-26(18-16-22)35-31(39)27-13-6-7-14-28(27)34-32(35)40-29(23-9-4-3-5-10-23)30(38)33-25-12-8-11-24(19-25)21(2)37/h3-19,29H,1-2H3,(H,33,38)/t29-/m0/s1. The molecule has 0 saturated heterocycles. The van der Waals surface area contributed by atoms with E-state index in [0.29, 0.717) is 44.1 Å². The molecule has 7 nitrogen and oxygen atoms in total. The van der Waals surface area contributed by atoms with Gasteiger partial charge in [0.2, 0.25) is 5.91 Å². The van der Waals surface area contributed by atoms with Crippen LogP contribution in [-0.4, -0.2) is 27.0 Å². The third-order valence-corrected chi connectivity index (χ3v) is 7.58. The highest BCUT2D eigenvalue weighted by Gasteiger charge is 2.26. The maximum atomic E-state index is 13.8. The smallest absolute Gasteiger partial charge is 0.266 e. The number of para-hydroxylation sites is 1. The molecule has 1 aromatic heterocycles. The van der Waals surface area contributed by atoms with Gasteiger partial charge in [0.05, 0.1) is 16.6 Å². The highest BCUT2D eigenvalue weighted by molar-refractivity contribution is 8.00. The van der Waals surface area contributed by atoms with Gasteiger partial charge in [-0.1, -0.05) is 66.4 Å². The highest BCUT2D eigenvalue weighted by atomic mass is 32.2. The van der Waals surface area contributed by atoms with E-state index in [2.05, 4.69) is 5.32 Å². The molecular formula is C32H25N3O4S. The van der Waals surface area contributed by atoms with Gasteiger partial charge >= 0.3 is 0 Å². The van der Waals surface area contributed by atoms with E-state index in [0.717, 1.165) is 11.8 Å². The molecule has 0 aliphatic carbocycles. The summed E-state index contributed by atoms with van der Waals surface area (Å²) >= 11 is 1.15. The number of thioether (sulfide) groups is 1. The first-order valence-electron chi connectivity index (χ1n) is 12.6. The number of carbonyl (C=O) groups is 3. The van der Waals surface area contributed by atoms with Crippen LogP contribution in [0, 0.1) is 0 Å². The van der Waals surface area contributed by atoms with Gasteiger partial charge in [-0.05, 0) is 67.9 Å². The van der Waals surface area contributed by atoms with Crippen molar-refractivity contribution in [3.05, 3.63) is 130 Å². The van der Waals surface area contributed by atoms with Crippen molar-refractivity contribution >= 4 is 45.8 Å². The van der Waals surface area contributed by atoms with Crippen molar-refractivity contribution in [3.63, 3.8) is 0 Å². The first kappa shape index (κ1) is 26.8. The maximum absolute atomic E-state index is 13.8. The van der Waals surface area contributed by atoms with Crippen molar-refractivity contribution in [3.8, 4) is 5.69 Å².